The second kappa shape index (κ2) is 9.05. The van der Waals surface area contributed by atoms with Crippen molar-refractivity contribution in [3.63, 3.8) is 0 Å². The topological polar surface area (TPSA) is 71.1 Å². The first-order chi connectivity index (χ1) is 9.53. The molecule has 0 saturated heterocycles. The molecule has 1 aromatic rings. The van der Waals surface area contributed by atoms with Gasteiger partial charge in [-0.1, -0.05) is 13.0 Å². The highest BCUT2D eigenvalue weighted by Crippen LogP contribution is 2.00. The van der Waals surface area contributed by atoms with E-state index in [2.05, 4.69) is 21.9 Å². The van der Waals surface area contributed by atoms with Crippen molar-refractivity contribution < 1.29 is 8.42 Å². The van der Waals surface area contributed by atoms with E-state index in [1.165, 1.54) is 0 Å². The molecular formula is C14H25N3O2S. The van der Waals surface area contributed by atoms with E-state index in [1.54, 1.807) is 0 Å². The average Bonchev–Trinajstić information content (AvgIpc) is 2.41. The number of hydrogen-bond donors (Lipinski definition) is 2. The normalized spacial score (nSPS) is 11.7. The van der Waals surface area contributed by atoms with Crippen molar-refractivity contribution in [2.75, 3.05) is 18.8 Å². The number of hydrogen-bond acceptors (Lipinski definition) is 4. The van der Waals surface area contributed by atoms with Crippen molar-refractivity contribution in [2.45, 2.75) is 39.7 Å². The van der Waals surface area contributed by atoms with Crippen molar-refractivity contribution in [1.29, 1.82) is 0 Å². The Morgan fingerprint density at radius 1 is 1.20 bits per heavy atom. The first-order valence-corrected chi connectivity index (χ1v) is 8.79. The number of unbranched alkanes of at least 4 members (excludes halogenated alkanes) is 1. The Morgan fingerprint density at radius 3 is 2.70 bits per heavy atom. The monoisotopic (exact) mass is 299 g/mol. The molecule has 0 aliphatic carbocycles. The van der Waals surface area contributed by atoms with Gasteiger partial charge in [0.15, 0.2) is 0 Å². The molecule has 1 aromatic heterocycles. The molecule has 0 aliphatic heterocycles. The smallest absolute Gasteiger partial charge is 0.211 e. The second-order valence-electron chi connectivity index (χ2n) is 4.87. The van der Waals surface area contributed by atoms with E-state index in [-0.39, 0.29) is 12.3 Å². The molecule has 0 aliphatic rings. The number of nitrogens with zero attached hydrogens (tertiary/aromatic N) is 1. The van der Waals surface area contributed by atoms with E-state index in [0.29, 0.717) is 6.42 Å². The molecule has 1 heterocycles. The van der Waals surface area contributed by atoms with Crippen LogP contribution in [0.4, 0.5) is 0 Å². The fraction of sp³-hybridized carbons (Fsp3) is 0.643. The second-order valence-corrected chi connectivity index (χ2v) is 6.79. The van der Waals surface area contributed by atoms with Crippen LogP contribution in [0.3, 0.4) is 0 Å². The number of aryl methyl sites for hydroxylation is 1. The zero-order chi connectivity index (χ0) is 14.8. The molecule has 0 atom stereocenters. The van der Waals surface area contributed by atoms with Crippen LogP contribution < -0.4 is 10.0 Å². The molecule has 0 radical (unpaired) electrons. The lowest BCUT2D eigenvalue weighted by Gasteiger charge is -2.07. The summed E-state index contributed by atoms with van der Waals surface area (Å²) in [5, 5.41) is 3.26. The summed E-state index contributed by atoms with van der Waals surface area (Å²) in [7, 11) is -3.20. The molecule has 20 heavy (non-hydrogen) atoms. The van der Waals surface area contributed by atoms with Crippen molar-refractivity contribution in [3.8, 4) is 0 Å². The van der Waals surface area contributed by atoms with Gasteiger partial charge in [-0.2, -0.15) is 0 Å². The van der Waals surface area contributed by atoms with E-state index in [0.717, 1.165) is 37.3 Å². The molecule has 5 nitrogen and oxygen atoms in total. The summed E-state index contributed by atoms with van der Waals surface area (Å²) in [5.74, 6) is 0.173. The van der Waals surface area contributed by atoms with Gasteiger partial charge in [0.2, 0.25) is 10.0 Å². The lowest BCUT2D eigenvalue weighted by molar-refractivity contribution is 0.572. The molecule has 0 unspecified atom stereocenters. The molecule has 0 saturated carbocycles. The molecule has 2 N–H and O–H groups in total. The van der Waals surface area contributed by atoms with Crippen LogP contribution in [0.25, 0.3) is 0 Å². The molecule has 0 fully saturated rings. The van der Waals surface area contributed by atoms with Gasteiger partial charge >= 0.3 is 0 Å². The third-order valence-corrected chi connectivity index (χ3v) is 4.27. The SMILES string of the molecule is CCCNCCCCS(=O)(=O)NCc1cccc(C)n1. The molecule has 114 valence electrons. The van der Waals surface area contributed by atoms with Gasteiger partial charge in [0, 0.05) is 5.69 Å². The lowest BCUT2D eigenvalue weighted by atomic mass is 10.3. The van der Waals surface area contributed by atoms with E-state index in [1.807, 2.05) is 25.1 Å². The van der Waals surface area contributed by atoms with Crippen molar-refractivity contribution in [2.24, 2.45) is 0 Å². The number of rotatable bonds is 10. The van der Waals surface area contributed by atoms with Gasteiger partial charge in [0.05, 0.1) is 18.0 Å². The van der Waals surface area contributed by atoms with Gasteiger partial charge in [0.1, 0.15) is 0 Å². The third kappa shape index (κ3) is 7.57. The van der Waals surface area contributed by atoms with E-state index >= 15 is 0 Å². The highest BCUT2D eigenvalue weighted by atomic mass is 32.2. The Labute approximate surface area is 122 Å². The maximum absolute atomic E-state index is 11.8. The summed E-state index contributed by atoms with van der Waals surface area (Å²) in [5.41, 5.74) is 1.64. The summed E-state index contributed by atoms with van der Waals surface area (Å²) in [6.45, 7) is 6.13. The fourth-order valence-electron chi connectivity index (χ4n) is 1.80. The average molecular weight is 299 g/mol. The Kier molecular flexibility index (Phi) is 7.72. The Morgan fingerprint density at radius 2 is 2.00 bits per heavy atom. The van der Waals surface area contributed by atoms with Crippen LogP contribution in [0.5, 0.6) is 0 Å². The van der Waals surface area contributed by atoms with Crippen molar-refractivity contribution in [3.05, 3.63) is 29.6 Å². The van der Waals surface area contributed by atoms with Gasteiger partial charge in [-0.05, 0) is 51.4 Å². The maximum atomic E-state index is 11.8. The summed E-state index contributed by atoms with van der Waals surface area (Å²) < 4.78 is 26.2. The first kappa shape index (κ1) is 17.1. The molecule has 0 amide bonds. The first-order valence-electron chi connectivity index (χ1n) is 7.14. The lowest BCUT2D eigenvalue weighted by Crippen LogP contribution is -2.27. The predicted octanol–water partition coefficient (Wildman–Crippen LogP) is 1.59. The molecule has 0 bridgehead atoms. The standard InChI is InChI=1S/C14H25N3O2S/c1-3-9-15-10-4-5-11-20(18,19)16-12-14-8-6-7-13(2)17-14/h6-8,15-16H,3-5,9-12H2,1-2H3. The van der Waals surface area contributed by atoms with Crippen LogP contribution >= 0.6 is 0 Å². The third-order valence-electron chi connectivity index (χ3n) is 2.86. The Bertz CT molecular complexity index is 489. The van der Waals surface area contributed by atoms with Gasteiger partial charge in [-0.3, -0.25) is 4.98 Å². The van der Waals surface area contributed by atoms with Crippen molar-refractivity contribution in [1.82, 2.24) is 15.0 Å². The minimum Gasteiger partial charge on any atom is -0.317 e. The Hall–Kier alpha value is -0.980. The summed E-state index contributed by atoms with van der Waals surface area (Å²) in [6.07, 6.45) is 2.65. The quantitative estimate of drug-likeness (QED) is 0.644. The summed E-state index contributed by atoms with van der Waals surface area (Å²) >= 11 is 0. The number of pyridine rings is 1. The minimum atomic E-state index is -3.20. The fourth-order valence-corrected chi connectivity index (χ4v) is 2.89. The van der Waals surface area contributed by atoms with E-state index in [9.17, 15) is 8.42 Å². The van der Waals surface area contributed by atoms with E-state index < -0.39 is 10.0 Å². The number of sulfonamides is 1. The van der Waals surface area contributed by atoms with Crippen LogP contribution in [0.2, 0.25) is 0 Å². The minimum absolute atomic E-state index is 0.173. The summed E-state index contributed by atoms with van der Waals surface area (Å²) in [6, 6.07) is 5.59. The van der Waals surface area contributed by atoms with Crippen LogP contribution in [-0.2, 0) is 16.6 Å². The molecule has 0 spiro atoms. The largest absolute Gasteiger partial charge is 0.317 e. The number of aromatic nitrogens is 1. The summed E-state index contributed by atoms with van der Waals surface area (Å²) in [4.78, 5) is 4.27. The highest BCUT2D eigenvalue weighted by Gasteiger charge is 2.09. The van der Waals surface area contributed by atoms with Crippen molar-refractivity contribution >= 4 is 10.0 Å². The van der Waals surface area contributed by atoms with Crippen LogP contribution in [0, 0.1) is 6.92 Å². The van der Waals surface area contributed by atoms with Gasteiger partial charge in [0.25, 0.3) is 0 Å². The zero-order valence-corrected chi connectivity index (χ0v) is 13.2. The molecule has 1 rings (SSSR count). The Balaban J connectivity index is 2.24. The van der Waals surface area contributed by atoms with Crippen LogP contribution in [0.15, 0.2) is 18.2 Å². The van der Waals surface area contributed by atoms with Crippen LogP contribution in [-0.4, -0.2) is 32.2 Å². The van der Waals surface area contributed by atoms with Gasteiger partial charge in [-0.25, -0.2) is 13.1 Å². The van der Waals surface area contributed by atoms with Crippen LogP contribution in [0.1, 0.15) is 37.6 Å². The van der Waals surface area contributed by atoms with E-state index in [4.69, 9.17) is 0 Å². The maximum Gasteiger partial charge on any atom is 0.211 e. The number of nitrogens with one attached hydrogen (secondary N) is 2. The van der Waals surface area contributed by atoms with Gasteiger partial charge in [-0.15, -0.1) is 0 Å². The molecule has 0 aromatic carbocycles. The highest BCUT2D eigenvalue weighted by molar-refractivity contribution is 7.89. The molecular weight excluding hydrogens is 274 g/mol. The predicted molar refractivity (Wildman–Crippen MR) is 82.0 cm³/mol. The molecule has 6 heteroatoms. The zero-order valence-electron chi connectivity index (χ0n) is 12.4. The van der Waals surface area contributed by atoms with Gasteiger partial charge < -0.3 is 5.32 Å².